The van der Waals surface area contributed by atoms with Crippen LogP contribution < -0.4 is 15.4 Å². The van der Waals surface area contributed by atoms with E-state index < -0.39 is 11.7 Å². The van der Waals surface area contributed by atoms with E-state index in [1.54, 1.807) is 7.11 Å². The number of halogens is 3. The van der Waals surface area contributed by atoms with E-state index in [0.29, 0.717) is 13.0 Å². The van der Waals surface area contributed by atoms with Gasteiger partial charge in [-0.25, -0.2) is 0 Å². The van der Waals surface area contributed by atoms with Crippen LogP contribution in [0.15, 0.2) is 48.5 Å². The Morgan fingerprint density at radius 2 is 1.75 bits per heavy atom. The summed E-state index contributed by atoms with van der Waals surface area (Å²) in [5, 5.41) is 5.65. The monoisotopic (exact) mass is 354 g/mol. The van der Waals surface area contributed by atoms with Crippen molar-refractivity contribution in [3.05, 3.63) is 59.7 Å². The molecule has 0 aliphatic rings. The summed E-state index contributed by atoms with van der Waals surface area (Å²) in [6.07, 6.45) is -3.80. The third-order valence-electron chi connectivity index (χ3n) is 3.35. The van der Waals surface area contributed by atoms with Gasteiger partial charge in [0.25, 0.3) is 0 Å². The van der Waals surface area contributed by atoms with Crippen molar-refractivity contribution in [1.82, 2.24) is 5.32 Å². The van der Waals surface area contributed by atoms with Crippen LogP contribution in [0.4, 0.5) is 18.9 Å². The standard InChI is InChI=1S/C17H17F3N2OS/c1-23-15-9-5-2-6-12(15)10-11-21-16(24)22-14-8-4-3-7-13(14)17(18,19)20/h2-9H,10-11H2,1H3,(H2,21,22,24). The smallest absolute Gasteiger partial charge is 0.418 e. The van der Waals surface area contributed by atoms with Crippen LogP contribution in [-0.2, 0) is 12.6 Å². The van der Waals surface area contributed by atoms with Gasteiger partial charge in [0.05, 0.1) is 18.4 Å². The lowest BCUT2D eigenvalue weighted by atomic mass is 10.1. The number of ether oxygens (including phenoxy) is 1. The molecule has 0 saturated heterocycles. The number of para-hydroxylation sites is 2. The van der Waals surface area contributed by atoms with Crippen LogP contribution in [0.2, 0.25) is 0 Å². The first kappa shape index (κ1) is 18.1. The van der Waals surface area contributed by atoms with E-state index in [1.807, 2.05) is 24.3 Å². The van der Waals surface area contributed by atoms with Crippen molar-refractivity contribution in [3.8, 4) is 5.75 Å². The second-order valence-electron chi connectivity index (χ2n) is 4.99. The number of alkyl halides is 3. The quantitative estimate of drug-likeness (QED) is 0.787. The first-order chi connectivity index (χ1) is 11.4. The van der Waals surface area contributed by atoms with Crippen molar-refractivity contribution >= 4 is 23.0 Å². The number of hydrogen-bond donors (Lipinski definition) is 2. The van der Waals surface area contributed by atoms with Gasteiger partial charge in [-0.15, -0.1) is 0 Å². The predicted molar refractivity (Wildman–Crippen MR) is 92.4 cm³/mol. The average molecular weight is 354 g/mol. The molecule has 0 saturated carbocycles. The molecule has 3 nitrogen and oxygen atoms in total. The maximum absolute atomic E-state index is 12.9. The molecular weight excluding hydrogens is 337 g/mol. The first-order valence-electron chi connectivity index (χ1n) is 7.25. The van der Waals surface area contributed by atoms with Crippen LogP contribution in [0, 0.1) is 0 Å². The van der Waals surface area contributed by atoms with Crippen LogP contribution in [0.1, 0.15) is 11.1 Å². The first-order valence-corrected chi connectivity index (χ1v) is 7.65. The highest BCUT2D eigenvalue weighted by Crippen LogP contribution is 2.34. The third-order valence-corrected chi connectivity index (χ3v) is 3.60. The zero-order valence-corrected chi connectivity index (χ0v) is 13.8. The molecule has 0 radical (unpaired) electrons. The highest BCUT2D eigenvalue weighted by molar-refractivity contribution is 7.80. The number of anilines is 1. The molecule has 24 heavy (non-hydrogen) atoms. The Kier molecular flexibility index (Phi) is 6.03. The lowest BCUT2D eigenvalue weighted by Gasteiger charge is -2.16. The summed E-state index contributed by atoms with van der Waals surface area (Å²) in [6, 6.07) is 12.8. The van der Waals surface area contributed by atoms with E-state index in [-0.39, 0.29) is 10.8 Å². The summed E-state index contributed by atoms with van der Waals surface area (Å²) in [7, 11) is 1.59. The lowest BCUT2D eigenvalue weighted by molar-refractivity contribution is -0.136. The van der Waals surface area contributed by atoms with Gasteiger partial charge in [-0.1, -0.05) is 30.3 Å². The van der Waals surface area contributed by atoms with E-state index in [4.69, 9.17) is 17.0 Å². The largest absolute Gasteiger partial charge is 0.496 e. The fraction of sp³-hybridized carbons (Fsp3) is 0.235. The van der Waals surface area contributed by atoms with Crippen molar-refractivity contribution in [2.24, 2.45) is 0 Å². The molecule has 0 fully saturated rings. The van der Waals surface area contributed by atoms with E-state index in [1.165, 1.54) is 18.2 Å². The zero-order valence-electron chi connectivity index (χ0n) is 13.0. The maximum Gasteiger partial charge on any atom is 0.418 e. The van der Waals surface area contributed by atoms with Crippen molar-refractivity contribution in [1.29, 1.82) is 0 Å². The van der Waals surface area contributed by atoms with Crippen LogP contribution in [0.3, 0.4) is 0 Å². The fourth-order valence-corrected chi connectivity index (χ4v) is 2.44. The molecule has 0 aromatic heterocycles. The van der Waals surface area contributed by atoms with E-state index >= 15 is 0 Å². The van der Waals surface area contributed by atoms with Crippen molar-refractivity contribution in [2.45, 2.75) is 12.6 Å². The Labute approximate surface area is 143 Å². The molecule has 128 valence electrons. The van der Waals surface area contributed by atoms with Crippen molar-refractivity contribution in [3.63, 3.8) is 0 Å². The SMILES string of the molecule is COc1ccccc1CCNC(=S)Nc1ccccc1C(F)(F)F. The summed E-state index contributed by atoms with van der Waals surface area (Å²) < 4.78 is 44.1. The van der Waals surface area contributed by atoms with Crippen LogP contribution in [0.25, 0.3) is 0 Å². The molecule has 0 aliphatic carbocycles. The molecule has 0 unspecified atom stereocenters. The van der Waals surface area contributed by atoms with Crippen LogP contribution in [0.5, 0.6) is 5.75 Å². The molecule has 2 N–H and O–H groups in total. The minimum absolute atomic E-state index is 0.0696. The second kappa shape index (κ2) is 8.01. The second-order valence-corrected chi connectivity index (χ2v) is 5.39. The van der Waals surface area contributed by atoms with Gasteiger partial charge in [0.15, 0.2) is 5.11 Å². The zero-order chi connectivity index (χ0) is 17.6. The van der Waals surface area contributed by atoms with Gasteiger partial charge >= 0.3 is 6.18 Å². The highest BCUT2D eigenvalue weighted by atomic mass is 32.1. The molecule has 2 aromatic carbocycles. The van der Waals surface area contributed by atoms with Crippen molar-refractivity contribution < 1.29 is 17.9 Å². The number of methoxy groups -OCH3 is 1. The molecule has 0 spiro atoms. The summed E-state index contributed by atoms with van der Waals surface area (Å²) >= 11 is 5.07. The Morgan fingerprint density at radius 1 is 1.08 bits per heavy atom. The van der Waals surface area contributed by atoms with E-state index in [9.17, 15) is 13.2 Å². The highest BCUT2D eigenvalue weighted by Gasteiger charge is 2.33. The van der Waals surface area contributed by atoms with Gasteiger partial charge in [-0.3, -0.25) is 0 Å². The molecule has 0 aliphatic heterocycles. The number of rotatable bonds is 5. The number of thiocarbonyl (C=S) groups is 1. The van der Waals surface area contributed by atoms with Gasteiger partial charge in [0.1, 0.15) is 5.75 Å². The van der Waals surface area contributed by atoms with Gasteiger partial charge < -0.3 is 15.4 Å². The molecule has 0 bridgehead atoms. The van der Waals surface area contributed by atoms with Gasteiger partial charge in [-0.05, 0) is 42.4 Å². The fourth-order valence-electron chi connectivity index (χ4n) is 2.23. The van der Waals surface area contributed by atoms with Crippen LogP contribution in [-0.4, -0.2) is 18.8 Å². The van der Waals surface area contributed by atoms with Gasteiger partial charge in [0, 0.05) is 6.54 Å². The third kappa shape index (κ3) is 4.86. The van der Waals surface area contributed by atoms with Gasteiger partial charge in [-0.2, -0.15) is 13.2 Å². The minimum atomic E-state index is -4.43. The van der Waals surface area contributed by atoms with E-state index in [0.717, 1.165) is 17.4 Å². The molecule has 2 aromatic rings. The molecule has 7 heteroatoms. The summed E-state index contributed by atoms with van der Waals surface area (Å²) in [4.78, 5) is 0. The average Bonchev–Trinajstić information content (AvgIpc) is 2.55. The Balaban J connectivity index is 1.93. The molecular formula is C17H17F3N2OS. The van der Waals surface area contributed by atoms with Crippen molar-refractivity contribution in [2.75, 3.05) is 19.0 Å². The number of hydrogen-bond acceptors (Lipinski definition) is 2. The molecule has 0 atom stereocenters. The Hall–Kier alpha value is -2.28. The molecule has 2 rings (SSSR count). The Bertz CT molecular complexity index is 704. The van der Waals surface area contributed by atoms with Crippen LogP contribution >= 0.6 is 12.2 Å². The van der Waals surface area contributed by atoms with Gasteiger partial charge in [0.2, 0.25) is 0 Å². The maximum atomic E-state index is 12.9. The predicted octanol–water partition coefficient (Wildman–Crippen LogP) is 4.24. The normalized spacial score (nSPS) is 11.0. The minimum Gasteiger partial charge on any atom is -0.496 e. The topological polar surface area (TPSA) is 33.3 Å². The number of benzene rings is 2. The summed E-state index contributed by atoms with van der Waals surface area (Å²) in [5.74, 6) is 0.764. The molecule has 0 amide bonds. The molecule has 0 heterocycles. The Morgan fingerprint density at radius 3 is 2.46 bits per heavy atom. The summed E-state index contributed by atoms with van der Waals surface area (Å²) in [6.45, 7) is 0.473. The number of nitrogens with one attached hydrogen (secondary N) is 2. The summed E-state index contributed by atoms with van der Waals surface area (Å²) in [5.41, 5.74) is 0.171. The van der Waals surface area contributed by atoms with E-state index in [2.05, 4.69) is 10.6 Å². The lowest BCUT2D eigenvalue weighted by Crippen LogP contribution is -2.31.